The second-order valence-corrected chi connectivity index (χ2v) is 15.1. The Morgan fingerprint density at radius 3 is 1.68 bits per heavy atom. The lowest BCUT2D eigenvalue weighted by Gasteiger charge is -2.39. The standard InChI is InChI=1S/C22H47O4Si2/c1-9-14-16-18-28(20(6)7,19-17-15-10-2)26-21(23)22(8,11-3)27(24-12-4)25-13-5/h20H,9-19H2,1-8H3. The average molecular weight is 432 g/mol. The van der Waals surface area contributed by atoms with Gasteiger partial charge < -0.3 is 13.3 Å². The van der Waals surface area contributed by atoms with Crippen molar-refractivity contribution in [3.05, 3.63) is 0 Å². The molecule has 0 N–H and O–H groups in total. The zero-order valence-corrected chi connectivity index (χ0v) is 22.0. The molecule has 0 amide bonds. The Morgan fingerprint density at radius 1 is 0.893 bits per heavy atom. The highest BCUT2D eigenvalue weighted by Crippen LogP contribution is 2.41. The summed E-state index contributed by atoms with van der Waals surface area (Å²) in [7, 11) is -3.90. The van der Waals surface area contributed by atoms with Gasteiger partial charge in [-0.05, 0) is 44.8 Å². The second kappa shape index (κ2) is 14.8. The van der Waals surface area contributed by atoms with Crippen molar-refractivity contribution < 1.29 is 18.1 Å². The minimum Gasteiger partial charge on any atom is -0.518 e. The molecular weight excluding hydrogens is 384 g/mol. The SMILES string of the molecule is CCCCC[Si](CCCCC)(OC(=O)C(C)(CC)[Si](OCC)OCC)C(C)C. The van der Waals surface area contributed by atoms with Crippen molar-refractivity contribution in [1.29, 1.82) is 0 Å². The fourth-order valence-corrected chi connectivity index (χ4v) is 9.55. The van der Waals surface area contributed by atoms with E-state index in [4.69, 9.17) is 13.3 Å². The van der Waals surface area contributed by atoms with Crippen molar-refractivity contribution in [3.8, 4) is 0 Å². The van der Waals surface area contributed by atoms with Crippen LogP contribution in [0.25, 0.3) is 0 Å². The Kier molecular flexibility index (Phi) is 14.7. The molecule has 167 valence electrons. The van der Waals surface area contributed by atoms with E-state index in [9.17, 15) is 4.79 Å². The third-order valence-corrected chi connectivity index (χ3v) is 13.6. The molecule has 0 heterocycles. The fraction of sp³-hybridized carbons (Fsp3) is 0.955. The first-order chi connectivity index (χ1) is 13.3. The van der Waals surface area contributed by atoms with Crippen LogP contribution in [0, 0.1) is 0 Å². The summed E-state index contributed by atoms with van der Waals surface area (Å²) in [4.78, 5) is 13.6. The molecule has 0 aliphatic rings. The monoisotopic (exact) mass is 431 g/mol. The van der Waals surface area contributed by atoms with Gasteiger partial charge in [-0.15, -0.1) is 0 Å². The molecule has 0 aliphatic heterocycles. The molecule has 28 heavy (non-hydrogen) atoms. The highest BCUT2D eigenvalue weighted by molar-refractivity contribution is 6.77. The lowest BCUT2D eigenvalue weighted by molar-refractivity contribution is -0.139. The lowest BCUT2D eigenvalue weighted by Crippen LogP contribution is -2.50. The van der Waals surface area contributed by atoms with Crippen LogP contribution in [0.1, 0.15) is 100 Å². The summed E-state index contributed by atoms with van der Waals surface area (Å²) < 4.78 is 18.4. The average Bonchev–Trinajstić information content (AvgIpc) is 2.67. The van der Waals surface area contributed by atoms with E-state index in [1.807, 2.05) is 20.8 Å². The number of hydrogen-bond acceptors (Lipinski definition) is 4. The number of hydrogen-bond donors (Lipinski definition) is 0. The molecule has 6 heteroatoms. The van der Waals surface area contributed by atoms with Gasteiger partial charge in [0.25, 0.3) is 14.3 Å². The number of carbonyl (C=O) groups is 1. The molecule has 0 fully saturated rings. The Morgan fingerprint density at radius 2 is 1.36 bits per heavy atom. The summed E-state index contributed by atoms with van der Waals surface area (Å²) in [6.45, 7) is 18.1. The molecule has 0 rings (SSSR count). The summed E-state index contributed by atoms with van der Waals surface area (Å²) >= 11 is 0. The first kappa shape index (κ1) is 27.8. The first-order valence-electron chi connectivity index (χ1n) is 11.6. The van der Waals surface area contributed by atoms with Crippen LogP contribution in [0.5, 0.6) is 0 Å². The van der Waals surface area contributed by atoms with E-state index in [0.717, 1.165) is 24.9 Å². The van der Waals surface area contributed by atoms with Crippen LogP contribution >= 0.6 is 0 Å². The van der Waals surface area contributed by atoms with E-state index in [0.29, 0.717) is 25.2 Å². The normalized spacial score (nSPS) is 14.5. The minimum atomic E-state index is -2.17. The third-order valence-electron chi connectivity index (χ3n) is 5.91. The molecule has 0 aromatic heterocycles. The van der Waals surface area contributed by atoms with Gasteiger partial charge in [-0.3, -0.25) is 4.79 Å². The predicted molar refractivity (Wildman–Crippen MR) is 123 cm³/mol. The van der Waals surface area contributed by atoms with E-state index < -0.39 is 22.6 Å². The molecular formula is C22H47O4Si2. The van der Waals surface area contributed by atoms with Gasteiger partial charge in [0.1, 0.15) is 5.04 Å². The van der Waals surface area contributed by atoms with Crippen LogP contribution in [-0.4, -0.2) is 36.8 Å². The van der Waals surface area contributed by atoms with Gasteiger partial charge in [0, 0.05) is 13.2 Å². The molecule has 0 spiro atoms. The van der Waals surface area contributed by atoms with Gasteiger partial charge in [-0.25, -0.2) is 0 Å². The van der Waals surface area contributed by atoms with Crippen LogP contribution in [0.2, 0.25) is 22.7 Å². The van der Waals surface area contributed by atoms with Crippen molar-refractivity contribution in [3.63, 3.8) is 0 Å². The summed E-state index contributed by atoms with van der Waals surface area (Å²) in [5.74, 6) is -0.0702. The molecule has 0 saturated heterocycles. The molecule has 4 nitrogen and oxygen atoms in total. The van der Waals surface area contributed by atoms with Crippen LogP contribution in [-0.2, 0) is 18.1 Å². The summed E-state index contributed by atoms with van der Waals surface area (Å²) in [5, 5.41) is -0.667. The third kappa shape index (κ3) is 8.29. The largest absolute Gasteiger partial charge is 0.518 e. The minimum absolute atomic E-state index is 0.0702. The lowest BCUT2D eigenvalue weighted by atomic mass is 10.1. The quantitative estimate of drug-likeness (QED) is 0.184. The topological polar surface area (TPSA) is 44.8 Å². The zero-order chi connectivity index (χ0) is 21.6. The van der Waals surface area contributed by atoms with E-state index in [2.05, 4.69) is 34.6 Å². The summed E-state index contributed by atoms with van der Waals surface area (Å²) in [6, 6.07) is 2.16. The maximum Gasteiger partial charge on any atom is 0.402 e. The Bertz CT molecular complexity index is 401. The molecule has 0 aliphatic carbocycles. The fourth-order valence-electron chi connectivity index (χ4n) is 3.56. The summed E-state index contributed by atoms with van der Waals surface area (Å²) in [6.07, 6.45) is 7.83. The number of rotatable bonds is 17. The van der Waals surface area contributed by atoms with Gasteiger partial charge in [0.15, 0.2) is 0 Å². The smallest absolute Gasteiger partial charge is 0.402 e. The van der Waals surface area contributed by atoms with E-state index in [-0.39, 0.29) is 5.97 Å². The maximum absolute atomic E-state index is 13.6. The van der Waals surface area contributed by atoms with Crippen LogP contribution in [0.3, 0.4) is 0 Å². The van der Waals surface area contributed by atoms with E-state index >= 15 is 0 Å². The molecule has 0 bridgehead atoms. The predicted octanol–water partition coefficient (Wildman–Crippen LogP) is 7.00. The van der Waals surface area contributed by atoms with Crippen molar-refractivity contribution in [2.24, 2.45) is 0 Å². The van der Waals surface area contributed by atoms with Crippen molar-refractivity contribution in [2.45, 2.75) is 123 Å². The molecule has 1 atom stereocenters. The van der Waals surface area contributed by atoms with Gasteiger partial charge in [-0.2, -0.15) is 0 Å². The Balaban J connectivity index is 5.64. The molecule has 0 saturated carbocycles. The highest BCUT2D eigenvalue weighted by atomic mass is 28.4. The van der Waals surface area contributed by atoms with Gasteiger partial charge >= 0.3 is 9.28 Å². The van der Waals surface area contributed by atoms with Crippen LogP contribution in [0.15, 0.2) is 0 Å². The van der Waals surface area contributed by atoms with Gasteiger partial charge in [-0.1, -0.05) is 73.1 Å². The highest BCUT2D eigenvalue weighted by Gasteiger charge is 2.51. The van der Waals surface area contributed by atoms with Crippen molar-refractivity contribution in [2.75, 3.05) is 13.2 Å². The van der Waals surface area contributed by atoms with Crippen LogP contribution < -0.4 is 0 Å². The molecule has 1 radical (unpaired) electrons. The molecule has 0 aromatic rings. The number of carbonyl (C=O) groups excluding carboxylic acids is 1. The molecule has 1 unspecified atom stereocenters. The van der Waals surface area contributed by atoms with Gasteiger partial charge in [0.2, 0.25) is 0 Å². The van der Waals surface area contributed by atoms with Gasteiger partial charge in [0.05, 0.1) is 0 Å². The van der Waals surface area contributed by atoms with Crippen molar-refractivity contribution >= 4 is 23.6 Å². The van der Waals surface area contributed by atoms with Crippen LogP contribution in [0.4, 0.5) is 0 Å². The van der Waals surface area contributed by atoms with Crippen molar-refractivity contribution in [1.82, 2.24) is 0 Å². The van der Waals surface area contributed by atoms with E-state index in [1.165, 1.54) is 25.7 Å². The van der Waals surface area contributed by atoms with E-state index in [1.54, 1.807) is 0 Å². The number of unbranched alkanes of at least 4 members (excludes halogenated alkanes) is 4. The zero-order valence-electron chi connectivity index (χ0n) is 20.0. The first-order valence-corrected chi connectivity index (χ1v) is 15.4. The molecule has 0 aromatic carbocycles. The second-order valence-electron chi connectivity index (χ2n) is 8.36. The Labute approximate surface area is 178 Å². The maximum atomic E-state index is 13.6. The Hall–Kier alpha value is -0.176. The summed E-state index contributed by atoms with van der Waals surface area (Å²) in [5.41, 5.74) is 0.432.